The van der Waals surface area contributed by atoms with E-state index in [-0.39, 0.29) is 0 Å². The summed E-state index contributed by atoms with van der Waals surface area (Å²) in [7, 11) is 0. The largest absolute Gasteiger partial charge is 0.370 e. The molecule has 1 fully saturated rings. The zero-order chi connectivity index (χ0) is 11.4. The van der Waals surface area contributed by atoms with Crippen LogP contribution < -0.4 is 10.2 Å². The Labute approximate surface area is 98.7 Å². The third-order valence-electron chi connectivity index (χ3n) is 3.27. The van der Waals surface area contributed by atoms with Gasteiger partial charge in [0.15, 0.2) is 0 Å². The van der Waals surface area contributed by atoms with Gasteiger partial charge in [-0.25, -0.2) is 0 Å². The lowest BCUT2D eigenvalue weighted by Crippen LogP contribution is -2.48. The Kier molecular flexibility index (Phi) is 3.83. The number of likely N-dealkylation sites (N-methyl/N-ethyl adjacent to an activating group) is 1. The minimum Gasteiger partial charge on any atom is -0.370 e. The summed E-state index contributed by atoms with van der Waals surface area (Å²) >= 11 is 0. The van der Waals surface area contributed by atoms with Gasteiger partial charge in [-0.15, -0.1) is 0 Å². The molecule has 1 aliphatic heterocycles. The van der Waals surface area contributed by atoms with Gasteiger partial charge in [-0.3, -0.25) is 0 Å². The van der Waals surface area contributed by atoms with Gasteiger partial charge in [0.25, 0.3) is 0 Å². The van der Waals surface area contributed by atoms with E-state index in [1.165, 1.54) is 18.7 Å². The Balaban J connectivity index is 2.04. The second kappa shape index (κ2) is 5.35. The Morgan fingerprint density at radius 2 is 2.00 bits per heavy atom. The first-order valence-corrected chi connectivity index (χ1v) is 6.33. The van der Waals surface area contributed by atoms with Crippen LogP contribution >= 0.6 is 0 Å². The SMILES string of the molecule is CCNC1CC(C)CN(c2ccccc2)C1. The molecule has 1 saturated heterocycles. The van der Waals surface area contributed by atoms with Gasteiger partial charge < -0.3 is 10.2 Å². The molecule has 0 saturated carbocycles. The van der Waals surface area contributed by atoms with Crippen LogP contribution in [0, 0.1) is 5.92 Å². The molecule has 0 amide bonds. The number of nitrogens with zero attached hydrogens (tertiary/aromatic N) is 1. The van der Waals surface area contributed by atoms with E-state index in [9.17, 15) is 0 Å². The van der Waals surface area contributed by atoms with Crippen LogP contribution in [0.4, 0.5) is 5.69 Å². The molecule has 0 spiro atoms. The van der Waals surface area contributed by atoms with Crippen LogP contribution in [0.1, 0.15) is 20.3 Å². The van der Waals surface area contributed by atoms with E-state index in [0.717, 1.165) is 19.0 Å². The van der Waals surface area contributed by atoms with E-state index in [1.807, 2.05) is 0 Å². The summed E-state index contributed by atoms with van der Waals surface area (Å²) < 4.78 is 0. The molecule has 0 bridgehead atoms. The average Bonchev–Trinajstić information content (AvgIpc) is 2.30. The van der Waals surface area contributed by atoms with Crippen molar-refractivity contribution in [3.8, 4) is 0 Å². The predicted molar refractivity (Wildman–Crippen MR) is 69.9 cm³/mol. The van der Waals surface area contributed by atoms with Gasteiger partial charge in [-0.2, -0.15) is 0 Å². The summed E-state index contributed by atoms with van der Waals surface area (Å²) in [6.07, 6.45) is 1.30. The van der Waals surface area contributed by atoms with Crippen LogP contribution in [0.2, 0.25) is 0 Å². The number of piperidine rings is 1. The minimum absolute atomic E-state index is 0.647. The first kappa shape index (κ1) is 11.5. The van der Waals surface area contributed by atoms with E-state index in [0.29, 0.717) is 6.04 Å². The van der Waals surface area contributed by atoms with Gasteiger partial charge in [-0.05, 0) is 31.0 Å². The predicted octanol–water partition coefficient (Wildman–Crippen LogP) is 2.51. The fraction of sp³-hybridized carbons (Fsp3) is 0.571. The average molecular weight is 218 g/mol. The standard InChI is InChI=1S/C14H22N2/c1-3-15-13-9-12(2)10-16(11-13)14-7-5-4-6-8-14/h4-8,12-13,15H,3,9-11H2,1-2H3. The van der Waals surface area contributed by atoms with Gasteiger partial charge in [0, 0.05) is 24.8 Å². The summed E-state index contributed by atoms with van der Waals surface area (Å²) in [5.41, 5.74) is 1.36. The maximum Gasteiger partial charge on any atom is 0.0366 e. The molecule has 1 N–H and O–H groups in total. The van der Waals surface area contributed by atoms with Gasteiger partial charge >= 0.3 is 0 Å². The zero-order valence-electron chi connectivity index (χ0n) is 10.3. The highest BCUT2D eigenvalue weighted by atomic mass is 15.2. The summed E-state index contributed by atoms with van der Waals surface area (Å²) in [6.45, 7) is 7.93. The van der Waals surface area contributed by atoms with Crippen molar-refractivity contribution >= 4 is 5.69 Å². The molecule has 1 aromatic carbocycles. The molecule has 88 valence electrons. The molecule has 1 aliphatic rings. The number of hydrogen-bond donors (Lipinski definition) is 1. The maximum atomic E-state index is 3.57. The van der Waals surface area contributed by atoms with Crippen LogP contribution in [0.15, 0.2) is 30.3 Å². The molecular formula is C14H22N2. The first-order chi connectivity index (χ1) is 7.79. The van der Waals surface area contributed by atoms with E-state index in [2.05, 4.69) is 54.4 Å². The topological polar surface area (TPSA) is 15.3 Å². The van der Waals surface area contributed by atoms with E-state index in [1.54, 1.807) is 0 Å². The lowest BCUT2D eigenvalue weighted by atomic mass is 9.95. The molecule has 2 rings (SSSR count). The van der Waals surface area contributed by atoms with E-state index in [4.69, 9.17) is 0 Å². The van der Waals surface area contributed by atoms with Gasteiger partial charge in [0.1, 0.15) is 0 Å². The number of hydrogen-bond acceptors (Lipinski definition) is 2. The molecular weight excluding hydrogens is 196 g/mol. The summed E-state index contributed by atoms with van der Waals surface area (Å²) in [6, 6.07) is 11.4. The Morgan fingerprint density at radius 1 is 1.25 bits per heavy atom. The maximum absolute atomic E-state index is 3.57. The van der Waals surface area contributed by atoms with Crippen molar-refractivity contribution in [2.45, 2.75) is 26.3 Å². The van der Waals surface area contributed by atoms with Crippen LogP contribution in [0.3, 0.4) is 0 Å². The molecule has 1 aromatic rings. The smallest absolute Gasteiger partial charge is 0.0366 e. The van der Waals surface area contributed by atoms with Crippen LogP contribution in [-0.4, -0.2) is 25.7 Å². The number of anilines is 1. The molecule has 16 heavy (non-hydrogen) atoms. The highest BCUT2D eigenvalue weighted by molar-refractivity contribution is 5.46. The van der Waals surface area contributed by atoms with Crippen LogP contribution in [0.25, 0.3) is 0 Å². The molecule has 0 radical (unpaired) electrons. The Morgan fingerprint density at radius 3 is 2.69 bits per heavy atom. The third kappa shape index (κ3) is 2.76. The van der Waals surface area contributed by atoms with Crippen LogP contribution in [-0.2, 0) is 0 Å². The molecule has 1 heterocycles. The van der Waals surface area contributed by atoms with Crippen molar-refractivity contribution in [2.24, 2.45) is 5.92 Å². The number of rotatable bonds is 3. The van der Waals surface area contributed by atoms with Crippen molar-refractivity contribution in [3.05, 3.63) is 30.3 Å². The van der Waals surface area contributed by atoms with Gasteiger partial charge in [0.05, 0.1) is 0 Å². The fourth-order valence-corrected chi connectivity index (χ4v) is 2.64. The summed E-state index contributed by atoms with van der Waals surface area (Å²) in [5, 5.41) is 3.57. The highest BCUT2D eigenvalue weighted by Crippen LogP contribution is 2.22. The van der Waals surface area contributed by atoms with Crippen molar-refractivity contribution in [1.29, 1.82) is 0 Å². The second-order valence-electron chi connectivity index (χ2n) is 4.84. The van der Waals surface area contributed by atoms with Crippen molar-refractivity contribution in [2.75, 3.05) is 24.5 Å². The lowest BCUT2D eigenvalue weighted by Gasteiger charge is -2.38. The highest BCUT2D eigenvalue weighted by Gasteiger charge is 2.23. The number of benzene rings is 1. The molecule has 2 nitrogen and oxygen atoms in total. The zero-order valence-corrected chi connectivity index (χ0v) is 10.3. The Hall–Kier alpha value is -1.02. The fourth-order valence-electron chi connectivity index (χ4n) is 2.64. The van der Waals surface area contributed by atoms with Crippen molar-refractivity contribution in [3.63, 3.8) is 0 Å². The normalized spacial score (nSPS) is 25.8. The van der Waals surface area contributed by atoms with Gasteiger partial charge in [0.2, 0.25) is 0 Å². The minimum atomic E-state index is 0.647. The summed E-state index contributed by atoms with van der Waals surface area (Å²) in [5.74, 6) is 0.776. The third-order valence-corrected chi connectivity index (χ3v) is 3.27. The van der Waals surface area contributed by atoms with Crippen molar-refractivity contribution < 1.29 is 0 Å². The first-order valence-electron chi connectivity index (χ1n) is 6.33. The molecule has 0 aliphatic carbocycles. The summed E-state index contributed by atoms with van der Waals surface area (Å²) in [4.78, 5) is 2.50. The Bertz CT molecular complexity index is 310. The number of para-hydroxylation sites is 1. The molecule has 0 aromatic heterocycles. The second-order valence-corrected chi connectivity index (χ2v) is 4.84. The van der Waals surface area contributed by atoms with Gasteiger partial charge in [-0.1, -0.05) is 32.0 Å². The molecule has 2 heteroatoms. The monoisotopic (exact) mass is 218 g/mol. The quantitative estimate of drug-likeness (QED) is 0.838. The number of nitrogens with one attached hydrogen (secondary N) is 1. The molecule has 2 atom stereocenters. The van der Waals surface area contributed by atoms with E-state index < -0.39 is 0 Å². The van der Waals surface area contributed by atoms with Crippen LogP contribution in [0.5, 0.6) is 0 Å². The van der Waals surface area contributed by atoms with Crippen molar-refractivity contribution in [1.82, 2.24) is 5.32 Å². The molecule has 2 unspecified atom stereocenters. The van der Waals surface area contributed by atoms with E-state index >= 15 is 0 Å². The lowest BCUT2D eigenvalue weighted by molar-refractivity contribution is 0.356.